The van der Waals surface area contributed by atoms with Gasteiger partial charge in [0.2, 0.25) is 5.91 Å². The van der Waals surface area contributed by atoms with E-state index in [0.717, 1.165) is 19.4 Å². The molecule has 0 spiro atoms. The van der Waals surface area contributed by atoms with Crippen LogP contribution in [0.4, 0.5) is 4.79 Å². The average molecular weight is 272 g/mol. The van der Waals surface area contributed by atoms with Crippen molar-refractivity contribution in [2.45, 2.75) is 18.9 Å². The number of nitrogens with zero attached hydrogens (tertiary/aromatic N) is 2. The summed E-state index contributed by atoms with van der Waals surface area (Å²) in [7, 11) is 3.14. The number of amides is 2. The van der Waals surface area contributed by atoms with Crippen molar-refractivity contribution in [3.8, 4) is 0 Å². The van der Waals surface area contributed by atoms with E-state index in [0.29, 0.717) is 26.2 Å². The third-order valence-electron chi connectivity index (χ3n) is 3.26. The number of carbonyl (C=O) groups is 2. The van der Waals surface area contributed by atoms with Crippen LogP contribution < -0.4 is 11.1 Å². The maximum absolute atomic E-state index is 11.9. The molecule has 1 aliphatic rings. The van der Waals surface area contributed by atoms with Gasteiger partial charge in [-0.05, 0) is 19.4 Å². The smallest absolute Gasteiger partial charge is 0.407 e. The van der Waals surface area contributed by atoms with Crippen molar-refractivity contribution >= 4 is 12.0 Å². The Morgan fingerprint density at radius 2 is 2.26 bits per heavy atom. The van der Waals surface area contributed by atoms with Gasteiger partial charge >= 0.3 is 6.09 Å². The molecular formula is C12H24N4O3. The molecule has 0 aromatic rings. The lowest BCUT2D eigenvalue weighted by atomic mass is 10.3. The van der Waals surface area contributed by atoms with E-state index >= 15 is 0 Å². The second kappa shape index (κ2) is 7.96. The Hall–Kier alpha value is -1.34. The Morgan fingerprint density at radius 1 is 1.53 bits per heavy atom. The number of nitrogens with two attached hydrogens (primary N) is 1. The molecule has 3 N–H and O–H groups in total. The van der Waals surface area contributed by atoms with Crippen LogP contribution in [0.2, 0.25) is 0 Å². The second-order valence-corrected chi connectivity index (χ2v) is 4.81. The van der Waals surface area contributed by atoms with Crippen LogP contribution >= 0.6 is 0 Å². The number of ether oxygens (including phenoxy) is 1. The Labute approximate surface area is 114 Å². The van der Waals surface area contributed by atoms with Gasteiger partial charge in [0.1, 0.15) is 0 Å². The van der Waals surface area contributed by atoms with Crippen molar-refractivity contribution in [1.82, 2.24) is 15.1 Å². The Balaban J connectivity index is 2.27. The Bertz CT molecular complexity index is 311. The number of likely N-dealkylation sites (tertiary alicyclic amines) is 1. The lowest BCUT2D eigenvalue weighted by Gasteiger charge is -2.21. The van der Waals surface area contributed by atoms with Gasteiger partial charge in [-0.3, -0.25) is 9.69 Å². The molecule has 0 aromatic carbocycles. The average Bonchev–Trinajstić information content (AvgIpc) is 2.82. The van der Waals surface area contributed by atoms with Gasteiger partial charge in [-0.15, -0.1) is 0 Å². The van der Waals surface area contributed by atoms with Gasteiger partial charge in [-0.1, -0.05) is 0 Å². The number of nitrogens with one attached hydrogen (secondary N) is 1. The van der Waals surface area contributed by atoms with E-state index in [4.69, 9.17) is 5.73 Å². The first-order valence-corrected chi connectivity index (χ1v) is 6.57. The van der Waals surface area contributed by atoms with Gasteiger partial charge in [0.25, 0.3) is 0 Å². The fraction of sp³-hybridized carbons (Fsp3) is 0.833. The fourth-order valence-corrected chi connectivity index (χ4v) is 2.08. The summed E-state index contributed by atoms with van der Waals surface area (Å²) in [4.78, 5) is 26.8. The summed E-state index contributed by atoms with van der Waals surface area (Å²) >= 11 is 0. The molecule has 7 nitrogen and oxygen atoms in total. The number of likely N-dealkylation sites (N-methyl/N-ethyl adjacent to an activating group) is 1. The molecule has 7 heteroatoms. The number of alkyl carbamates (subject to hydrolysis) is 1. The van der Waals surface area contributed by atoms with E-state index in [1.807, 2.05) is 4.90 Å². The summed E-state index contributed by atoms with van der Waals surface area (Å²) in [5.74, 6) is 0.0900. The van der Waals surface area contributed by atoms with Crippen LogP contribution in [0.1, 0.15) is 12.8 Å². The predicted octanol–water partition coefficient (Wildman–Crippen LogP) is -0.776. The molecule has 1 rings (SSSR count). The van der Waals surface area contributed by atoms with Crippen molar-refractivity contribution in [2.24, 2.45) is 5.73 Å². The molecule has 1 unspecified atom stereocenters. The highest BCUT2D eigenvalue weighted by Crippen LogP contribution is 2.09. The molecule has 110 valence electrons. The van der Waals surface area contributed by atoms with Crippen LogP contribution in [0, 0.1) is 0 Å². The number of methoxy groups -OCH3 is 1. The maximum atomic E-state index is 11.9. The van der Waals surface area contributed by atoms with Gasteiger partial charge in [-0.2, -0.15) is 0 Å². The maximum Gasteiger partial charge on any atom is 0.407 e. The summed E-state index contributed by atoms with van der Waals surface area (Å²) in [6.07, 6.45) is 1.24. The first-order chi connectivity index (χ1) is 9.06. The molecule has 19 heavy (non-hydrogen) atoms. The molecule has 0 bridgehead atoms. The largest absolute Gasteiger partial charge is 0.453 e. The lowest BCUT2D eigenvalue weighted by molar-refractivity contribution is -0.130. The predicted molar refractivity (Wildman–Crippen MR) is 71.7 cm³/mol. The molecular weight excluding hydrogens is 248 g/mol. The fourth-order valence-electron chi connectivity index (χ4n) is 2.08. The normalized spacial score (nSPS) is 19.2. The molecule has 0 saturated carbocycles. The van der Waals surface area contributed by atoms with E-state index in [2.05, 4.69) is 10.1 Å². The number of rotatable bonds is 6. The highest BCUT2D eigenvalue weighted by Gasteiger charge is 2.26. The van der Waals surface area contributed by atoms with Gasteiger partial charge in [0.05, 0.1) is 13.7 Å². The second-order valence-electron chi connectivity index (χ2n) is 4.81. The van der Waals surface area contributed by atoms with Crippen molar-refractivity contribution in [1.29, 1.82) is 0 Å². The molecule has 0 radical (unpaired) electrons. The van der Waals surface area contributed by atoms with Crippen LogP contribution in [0.25, 0.3) is 0 Å². The van der Waals surface area contributed by atoms with Crippen molar-refractivity contribution in [3.63, 3.8) is 0 Å². The van der Waals surface area contributed by atoms with Crippen LogP contribution in [-0.2, 0) is 9.53 Å². The Kier molecular flexibility index (Phi) is 6.58. The summed E-state index contributed by atoms with van der Waals surface area (Å²) < 4.78 is 4.56. The Morgan fingerprint density at radius 3 is 2.89 bits per heavy atom. The van der Waals surface area contributed by atoms with Crippen molar-refractivity contribution < 1.29 is 14.3 Å². The molecule has 1 aliphatic heterocycles. The van der Waals surface area contributed by atoms with E-state index < -0.39 is 6.09 Å². The van der Waals surface area contributed by atoms with Crippen LogP contribution in [0.3, 0.4) is 0 Å². The van der Waals surface area contributed by atoms with Crippen LogP contribution in [-0.4, -0.2) is 74.7 Å². The van der Waals surface area contributed by atoms with Gasteiger partial charge in [-0.25, -0.2) is 4.79 Å². The minimum absolute atomic E-state index is 0.0644. The molecule has 1 saturated heterocycles. The highest BCUT2D eigenvalue weighted by atomic mass is 16.5. The van der Waals surface area contributed by atoms with Gasteiger partial charge in [0, 0.05) is 32.7 Å². The molecule has 1 heterocycles. The van der Waals surface area contributed by atoms with E-state index in [9.17, 15) is 9.59 Å². The minimum atomic E-state index is -0.418. The van der Waals surface area contributed by atoms with Crippen LogP contribution in [0.5, 0.6) is 0 Å². The minimum Gasteiger partial charge on any atom is -0.453 e. The van der Waals surface area contributed by atoms with Crippen LogP contribution in [0.15, 0.2) is 0 Å². The summed E-state index contributed by atoms with van der Waals surface area (Å²) in [6.45, 7) is 3.16. The molecule has 1 atom stereocenters. The summed E-state index contributed by atoms with van der Waals surface area (Å²) in [5.41, 5.74) is 5.42. The molecule has 2 amide bonds. The quantitative estimate of drug-likeness (QED) is 0.662. The zero-order valence-electron chi connectivity index (χ0n) is 11.7. The van der Waals surface area contributed by atoms with Gasteiger partial charge in [0.15, 0.2) is 0 Å². The first-order valence-electron chi connectivity index (χ1n) is 6.57. The zero-order valence-corrected chi connectivity index (χ0v) is 11.7. The number of carbonyl (C=O) groups excluding carboxylic acids is 2. The summed E-state index contributed by atoms with van der Waals surface area (Å²) in [6, 6.07) is 0.0644. The van der Waals surface area contributed by atoms with Crippen molar-refractivity contribution in [3.05, 3.63) is 0 Å². The lowest BCUT2D eigenvalue weighted by Crippen LogP contribution is -2.41. The van der Waals surface area contributed by atoms with Crippen molar-refractivity contribution in [2.75, 3.05) is 46.9 Å². The molecule has 0 aromatic heterocycles. The first kappa shape index (κ1) is 15.7. The van der Waals surface area contributed by atoms with Gasteiger partial charge < -0.3 is 20.7 Å². The van der Waals surface area contributed by atoms with E-state index in [1.54, 1.807) is 11.9 Å². The molecule has 1 fully saturated rings. The number of hydrogen-bond donors (Lipinski definition) is 2. The third-order valence-corrected chi connectivity index (χ3v) is 3.26. The summed E-state index contributed by atoms with van der Waals surface area (Å²) in [5, 5.41) is 2.75. The van der Waals surface area contributed by atoms with E-state index in [1.165, 1.54) is 7.11 Å². The monoisotopic (exact) mass is 272 g/mol. The topological polar surface area (TPSA) is 87.9 Å². The number of hydrogen-bond acceptors (Lipinski definition) is 5. The van der Waals surface area contributed by atoms with E-state index in [-0.39, 0.29) is 11.9 Å². The SMILES string of the molecule is COC(=O)NC1CCN(CC(=O)N(C)CCCN)C1. The highest BCUT2D eigenvalue weighted by molar-refractivity contribution is 5.78. The standard InChI is InChI=1S/C12H24N4O3/c1-15(6-3-5-13)11(17)9-16-7-4-10(8-16)14-12(18)19-2/h10H,3-9,13H2,1-2H3,(H,14,18). The zero-order chi connectivity index (χ0) is 14.3. The third kappa shape index (κ3) is 5.44. The molecule has 0 aliphatic carbocycles.